The van der Waals surface area contributed by atoms with Crippen molar-refractivity contribution in [3.63, 3.8) is 0 Å². The summed E-state index contributed by atoms with van der Waals surface area (Å²) >= 11 is 0. The number of methoxy groups -OCH3 is 1. The molecule has 3 rings (SSSR count). The molecule has 0 aliphatic rings. The highest BCUT2D eigenvalue weighted by atomic mass is 16.5. The van der Waals surface area contributed by atoms with E-state index < -0.39 is 0 Å². The van der Waals surface area contributed by atoms with Gasteiger partial charge >= 0.3 is 0 Å². The van der Waals surface area contributed by atoms with Crippen molar-refractivity contribution in [2.45, 2.75) is 13.5 Å². The zero-order valence-corrected chi connectivity index (χ0v) is 13.9. The van der Waals surface area contributed by atoms with E-state index in [9.17, 15) is 4.79 Å². The van der Waals surface area contributed by atoms with Crippen LogP contribution in [0.2, 0.25) is 0 Å². The maximum absolute atomic E-state index is 12.3. The third-order valence-corrected chi connectivity index (χ3v) is 3.44. The number of carbonyl (C=O) groups excluding carboxylic acids is 1. The molecule has 3 aromatic rings. The first kappa shape index (κ1) is 16.5. The number of furan rings is 1. The van der Waals surface area contributed by atoms with Gasteiger partial charge in [0, 0.05) is 5.69 Å². The second kappa shape index (κ2) is 7.48. The largest absolute Gasteiger partial charge is 0.495 e. The fourth-order valence-corrected chi connectivity index (χ4v) is 2.28. The molecule has 2 heterocycles. The molecule has 0 bridgehead atoms. The lowest BCUT2D eigenvalue weighted by atomic mass is 10.3. The van der Waals surface area contributed by atoms with Crippen LogP contribution in [0.3, 0.4) is 0 Å². The van der Waals surface area contributed by atoms with E-state index in [1.165, 1.54) is 0 Å². The topological polar surface area (TPSA) is 89.3 Å². The van der Waals surface area contributed by atoms with Gasteiger partial charge in [0.25, 0.3) is 5.91 Å². The first-order chi connectivity index (χ1) is 12.2. The predicted molar refractivity (Wildman–Crippen MR) is 92.9 cm³/mol. The number of aromatic nitrogens is 2. The van der Waals surface area contributed by atoms with Gasteiger partial charge in [-0.15, -0.1) is 0 Å². The molecule has 2 aromatic heterocycles. The summed E-state index contributed by atoms with van der Waals surface area (Å²) < 4.78 is 10.5. The zero-order chi connectivity index (χ0) is 17.6. The Morgan fingerprint density at radius 3 is 2.80 bits per heavy atom. The fourth-order valence-electron chi connectivity index (χ4n) is 2.28. The Morgan fingerprint density at radius 1 is 1.20 bits per heavy atom. The Bertz CT molecular complexity index is 863. The van der Waals surface area contributed by atoms with E-state index in [2.05, 4.69) is 20.6 Å². The molecule has 1 aromatic carbocycles. The summed E-state index contributed by atoms with van der Waals surface area (Å²) in [6.45, 7) is 2.10. The second-order valence-electron chi connectivity index (χ2n) is 5.31. The maximum Gasteiger partial charge on any atom is 0.270 e. The van der Waals surface area contributed by atoms with Crippen LogP contribution in [-0.2, 0) is 6.54 Å². The average Bonchev–Trinajstić information content (AvgIpc) is 3.13. The Morgan fingerprint density at radius 2 is 2.04 bits per heavy atom. The third-order valence-electron chi connectivity index (χ3n) is 3.44. The Balaban J connectivity index is 1.76. The molecule has 2 N–H and O–H groups in total. The number of rotatable bonds is 6. The van der Waals surface area contributed by atoms with Crippen LogP contribution in [0.1, 0.15) is 21.9 Å². The van der Waals surface area contributed by atoms with E-state index in [1.807, 2.05) is 24.3 Å². The van der Waals surface area contributed by atoms with Gasteiger partial charge in [0.2, 0.25) is 5.95 Å². The molecule has 0 radical (unpaired) electrons. The summed E-state index contributed by atoms with van der Waals surface area (Å²) in [4.78, 5) is 20.9. The summed E-state index contributed by atoms with van der Waals surface area (Å²) in [5.74, 6) is 1.36. The molecule has 0 aliphatic carbocycles. The molecule has 0 spiro atoms. The lowest BCUT2D eigenvalue weighted by molar-refractivity contribution is 0.0943. The predicted octanol–water partition coefficient (Wildman–Crippen LogP) is 3.06. The van der Waals surface area contributed by atoms with Gasteiger partial charge in [0.05, 0.1) is 25.6 Å². The van der Waals surface area contributed by atoms with E-state index in [1.54, 1.807) is 38.5 Å². The molecule has 0 atom stereocenters. The molecule has 0 saturated carbocycles. The Labute approximate surface area is 145 Å². The van der Waals surface area contributed by atoms with E-state index in [0.29, 0.717) is 29.7 Å². The average molecular weight is 338 g/mol. The van der Waals surface area contributed by atoms with Gasteiger partial charge in [-0.05, 0) is 37.3 Å². The number of ether oxygens (including phenoxy) is 1. The van der Waals surface area contributed by atoms with Gasteiger partial charge in [-0.25, -0.2) is 9.97 Å². The zero-order valence-electron chi connectivity index (χ0n) is 13.9. The minimum Gasteiger partial charge on any atom is -0.495 e. The minimum absolute atomic E-state index is 0.274. The van der Waals surface area contributed by atoms with Gasteiger partial charge in [0.1, 0.15) is 17.2 Å². The Hall–Kier alpha value is -3.35. The van der Waals surface area contributed by atoms with Crippen LogP contribution < -0.4 is 15.4 Å². The van der Waals surface area contributed by atoms with Gasteiger partial charge in [-0.3, -0.25) is 4.79 Å². The van der Waals surface area contributed by atoms with Crippen molar-refractivity contribution >= 4 is 17.5 Å². The van der Waals surface area contributed by atoms with Crippen molar-refractivity contribution in [1.29, 1.82) is 0 Å². The van der Waals surface area contributed by atoms with Crippen LogP contribution in [0.5, 0.6) is 5.75 Å². The quantitative estimate of drug-likeness (QED) is 0.718. The number of nitrogens with zero attached hydrogens (tertiary/aromatic N) is 2. The van der Waals surface area contributed by atoms with Crippen LogP contribution >= 0.6 is 0 Å². The molecule has 0 aliphatic heterocycles. The molecule has 0 saturated heterocycles. The number of nitrogens with one attached hydrogen (secondary N) is 2. The van der Waals surface area contributed by atoms with Crippen LogP contribution in [0.15, 0.2) is 53.1 Å². The van der Waals surface area contributed by atoms with Gasteiger partial charge in [-0.2, -0.15) is 0 Å². The van der Waals surface area contributed by atoms with Crippen molar-refractivity contribution in [2.24, 2.45) is 0 Å². The summed E-state index contributed by atoms with van der Waals surface area (Å²) in [5.41, 5.74) is 1.67. The van der Waals surface area contributed by atoms with E-state index in [-0.39, 0.29) is 11.6 Å². The highest BCUT2D eigenvalue weighted by Crippen LogP contribution is 2.25. The summed E-state index contributed by atoms with van der Waals surface area (Å²) in [7, 11) is 1.59. The van der Waals surface area contributed by atoms with Gasteiger partial charge in [-0.1, -0.05) is 12.1 Å². The van der Waals surface area contributed by atoms with Crippen molar-refractivity contribution in [3.05, 3.63) is 65.9 Å². The normalized spacial score (nSPS) is 10.3. The lowest BCUT2D eigenvalue weighted by Gasteiger charge is -2.11. The molecule has 25 heavy (non-hydrogen) atoms. The highest BCUT2D eigenvalue weighted by molar-refractivity contribution is 5.92. The molecule has 0 unspecified atom stereocenters. The van der Waals surface area contributed by atoms with Gasteiger partial charge < -0.3 is 19.8 Å². The Kier molecular flexibility index (Phi) is 4.94. The van der Waals surface area contributed by atoms with Crippen molar-refractivity contribution in [3.8, 4) is 5.75 Å². The van der Waals surface area contributed by atoms with Crippen LogP contribution in [0, 0.1) is 6.92 Å². The highest BCUT2D eigenvalue weighted by Gasteiger charge is 2.12. The van der Waals surface area contributed by atoms with E-state index in [4.69, 9.17) is 9.15 Å². The van der Waals surface area contributed by atoms with E-state index in [0.717, 1.165) is 5.69 Å². The van der Waals surface area contributed by atoms with Crippen LogP contribution in [-0.4, -0.2) is 23.0 Å². The molecule has 0 fully saturated rings. The molecular weight excluding hydrogens is 320 g/mol. The number of amides is 1. The molecule has 7 heteroatoms. The monoisotopic (exact) mass is 338 g/mol. The number of carbonyl (C=O) groups is 1. The van der Waals surface area contributed by atoms with E-state index >= 15 is 0 Å². The molecular formula is C18H18N4O3. The smallest absolute Gasteiger partial charge is 0.270 e. The summed E-state index contributed by atoms with van der Waals surface area (Å²) in [6.07, 6.45) is 1.56. The van der Waals surface area contributed by atoms with Crippen molar-refractivity contribution < 1.29 is 13.9 Å². The number of aryl methyl sites for hydroxylation is 1. The number of anilines is 2. The number of hydrogen-bond acceptors (Lipinski definition) is 6. The lowest BCUT2D eigenvalue weighted by Crippen LogP contribution is -2.24. The van der Waals surface area contributed by atoms with Crippen LogP contribution in [0.25, 0.3) is 0 Å². The SMILES string of the molecule is COc1ccccc1Nc1nc(C)cc(C(=O)NCc2ccco2)n1. The number of benzene rings is 1. The second-order valence-corrected chi connectivity index (χ2v) is 5.31. The van der Waals surface area contributed by atoms with Crippen molar-refractivity contribution in [2.75, 3.05) is 12.4 Å². The molecule has 128 valence electrons. The summed E-state index contributed by atoms with van der Waals surface area (Å²) in [5, 5.41) is 5.85. The summed E-state index contributed by atoms with van der Waals surface area (Å²) in [6, 6.07) is 12.6. The fraction of sp³-hybridized carbons (Fsp3) is 0.167. The van der Waals surface area contributed by atoms with Gasteiger partial charge in [0.15, 0.2) is 0 Å². The maximum atomic E-state index is 12.3. The third kappa shape index (κ3) is 4.14. The standard InChI is InChI=1S/C18H18N4O3/c1-12-10-15(17(23)19-11-13-6-5-9-25-13)22-18(20-12)21-14-7-3-4-8-16(14)24-2/h3-10H,11H2,1-2H3,(H,19,23)(H,20,21,22). The molecule has 1 amide bonds. The first-order valence-electron chi connectivity index (χ1n) is 7.72. The van der Waals surface area contributed by atoms with Crippen LogP contribution in [0.4, 0.5) is 11.6 Å². The molecule has 7 nitrogen and oxygen atoms in total. The van der Waals surface area contributed by atoms with Crippen molar-refractivity contribution in [1.82, 2.24) is 15.3 Å². The number of para-hydroxylation sites is 2. The minimum atomic E-state index is -0.301. The number of hydrogen-bond donors (Lipinski definition) is 2. The first-order valence-corrected chi connectivity index (χ1v) is 7.72.